The van der Waals surface area contributed by atoms with Crippen molar-refractivity contribution in [2.24, 2.45) is 0 Å². The normalized spacial score (nSPS) is 48.0. The summed E-state index contributed by atoms with van der Waals surface area (Å²) in [7, 11) is 0. The Kier molecular flexibility index (Phi) is 2.31. The first-order valence-electron chi connectivity index (χ1n) is 4.68. The molecule has 4 heteroatoms. The molecule has 0 spiro atoms. The molecule has 0 amide bonds. The van der Waals surface area contributed by atoms with Crippen molar-refractivity contribution in [3.05, 3.63) is 0 Å². The lowest BCUT2D eigenvalue weighted by atomic mass is 10.1. The molecule has 2 heterocycles. The summed E-state index contributed by atoms with van der Waals surface area (Å²) in [5.74, 6) is -0.514. The van der Waals surface area contributed by atoms with Gasteiger partial charge >= 0.3 is 0 Å². The van der Waals surface area contributed by atoms with Crippen LogP contribution in [0, 0.1) is 0 Å². The van der Waals surface area contributed by atoms with Gasteiger partial charge in [-0.05, 0) is 20.3 Å². The van der Waals surface area contributed by atoms with Crippen molar-refractivity contribution in [3.8, 4) is 0 Å². The lowest BCUT2D eigenvalue weighted by Gasteiger charge is -2.21. The van der Waals surface area contributed by atoms with Crippen LogP contribution in [-0.4, -0.2) is 29.7 Å². The van der Waals surface area contributed by atoms with Crippen LogP contribution in [0.4, 0.5) is 0 Å². The Labute approximate surface area is 83.3 Å². The number of hydrogen-bond acceptors (Lipinski definition) is 3. The summed E-state index contributed by atoms with van der Waals surface area (Å²) in [6.45, 7) is 5.87. The van der Waals surface area contributed by atoms with Gasteiger partial charge in [-0.25, -0.2) is 0 Å². The molecule has 0 aromatic carbocycles. The second-order valence-electron chi connectivity index (χ2n) is 4.00. The van der Waals surface area contributed by atoms with Gasteiger partial charge in [-0.1, -0.05) is 18.5 Å². The summed E-state index contributed by atoms with van der Waals surface area (Å²) in [5.41, 5.74) is -0.364. The van der Waals surface area contributed by atoms with Crippen LogP contribution in [0.5, 0.6) is 0 Å². The van der Waals surface area contributed by atoms with E-state index in [-0.39, 0.29) is 23.9 Å². The first kappa shape index (κ1) is 9.71. The molecule has 0 aromatic heterocycles. The third-order valence-corrected chi connectivity index (χ3v) is 2.85. The third kappa shape index (κ3) is 1.59. The van der Waals surface area contributed by atoms with Crippen LogP contribution in [0.3, 0.4) is 0 Å². The summed E-state index contributed by atoms with van der Waals surface area (Å²) >= 11 is 5.99. The van der Waals surface area contributed by atoms with Crippen molar-refractivity contribution >= 4 is 11.6 Å². The van der Waals surface area contributed by atoms with Gasteiger partial charge < -0.3 is 14.2 Å². The fourth-order valence-corrected chi connectivity index (χ4v) is 2.28. The Balaban J connectivity index is 2.12. The average molecular weight is 207 g/mol. The Morgan fingerprint density at radius 2 is 1.85 bits per heavy atom. The maximum Gasteiger partial charge on any atom is 0.164 e. The van der Waals surface area contributed by atoms with Gasteiger partial charge in [0.05, 0.1) is 6.10 Å². The topological polar surface area (TPSA) is 27.7 Å². The van der Waals surface area contributed by atoms with Crippen molar-refractivity contribution in [3.63, 3.8) is 0 Å². The number of rotatable bonds is 1. The highest BCUT2D eigenvalue weighted by atomic mass is 35.5. The van der Waals surface area contributed by atoms with Crippen LogP contribution in [-0.2, 0) is 14.2 Å². The van der Waals surface area contributed by atoms with E-state index in [1.807, 2.05) is 13.8 Å². The lowest BCUT2D eigenvalue weighted by molar-refractivity contribution is -0.179. The van der Waals surface area contributed by atoms with E-state index >= 15 is 0 Å². The van der Waals surface area contributed by atoms with E-state index in [9.17, 15) is 0 Å². The maximum absolute atomic E-state index is 5.99. The zero-order valence-corrected chi connectivity index (χ0v) is 8.88. The predicted molar refractivity (Wildman–Crippen MR) is 48.6 cm³/mol. The molecule has 0 aromatic rings. The number of halogens is 1. The van der Waals surface area contributed by atoms with Crippen molar-refractivity contribution in [1.29, 1.82) is 0 Å². The molecule has 0 aliphatic carbocycles. The molecular weight excluding hydrogens is 192 g/mol. The van der Waals surface area contributed by atoms with Crippen LogP contribution in [0.1, 0.15) is 27.2 Å². The van der Waals surface area contributed by atoms with Gasteiger partial charge in [0.1, 0.15) is 12.2 Å². The first-order valence-corrected chi connectivity index (χ1v) is 5.12. The zero-order chi connectivity index (χ0) is 9.64. The molecule has 2 rings (SSSR count). The minimum atomic E-state index is -0.514. The van der Waals surface area contributed by atoms with Crippen LogP contribution in [0.2, 0.25) is 0 Å². The molecule has 2 aliphatic heterocycles. The minimum Gasteiger partial charge on any atom is -0.354 e. The van der Waals surface area contributed by atoms with E-state index in [2.05, 4.69) is 6.92 Å². The Morgan fingerprint density at radius 1 is 1.23 bits per heavy atom. The second-order valence-corrected chi connectivity index (χ2v) is 4.43. The lowest BCUT2D eigenvalue weighted by Crippen LogP contribution is -2.28. The summed E-state index contributed by atoms with van der Waals surface area (Å²) in [5, 5.41) is 0. The van der Waals surface area contributed by atoms with Crippen LogP contribution < -0.4 is 0 Å². The molecule has 2 aliphatic rings. The number of hydrogen-bond donors (Lipinski definition) is 0. The average Bonchev–Trinajstić information content (AvgIpc) is 2.47. The molecule has 0 radical (unpaired) electrons. The summed E-state index contributed by atoms with van der Waals surface area (Å²) in [4.78, 5) is 0. The Morgan fingerprint density at radius 3 is 2.46 bits per heavy atom. The SMILES string of the molecule is CC[C@H]1O[C@@H](Cl)C2OC(C)(C)OC21. The van der Waals surface area contributed by atoms with Gasteiger partial charge in [-0.3, -0.25) is 0 Å². The Bertz CT molecular complexity index is 207. The zero-order valence-electron chi connectivity index (χ0n) is 8.12. The highest BCUT2D eigenvalue weighted by Crippen LogP contribution is 2.40. The van der Waals surface area contributed by atoms with Gasteiger partial charge in [-0.15, -0.1) is 0 Å². The van der Waals surface area contributed by atoms with Crippen molar-refractivity contribution < 1.29 is 14.2 Å². The van der Waals surface area contributed by atoms with E-state index in [1.165, 1.54) is 0 Å². The van der Waals surface area contributed by atoms with Crippen LogP contribution in [0.15, 0.2) is 0 Å². The molecule has 0 bridgehead atoms. The van der Waals surface area contributed by atoms with Crippen molar-refractivity contribution in [2.45, 2.75) is 56.9 Å². The molecule has 2 unspecified atom stereocenters. The first-order chi connectivity index (χ1) is 6.03. The molecular formula is C9H15ClO3. The largest absolute Gasteiger partial charge is 0.354 e. The fourth-order valence-electron chi connectivity index (χ4n) is 1.96. The Hall–Kier alpha value is 0.170. The van der Waals surface area contributed by atoms with E-state index < -0.39 is 5.79 Å². The predicted octanol–water partition coefficient (Wildman–Crippen LogP) is 1.88. The van der Waals surface area contributed by atoms with Gasteiger partial charge in [0, 0.05) is 0 Å². The third-order valence-electron chi connectivity index (χ3n) is 2.50. The highest BCUT2D eigenvalue weighted by Gasteiger charge is 2.53. The monoisotopic (exact) mass is 206 g/mol. The van der Waals surface area contributed by atoms with Crippen molar-refractivity contribution in [1.82, 2.24) is 0 Å². The van der Waals surface area contributed by atoms with E-state index in [4.69, 9.17) is 25.8 Å². The van der Waals surface area contributed by atoms with Crippen molar-refractivity contribution in [2.75, 3.05) is 0 Å². The van der Waals surface area contributed by atoms with Crippen LogP contribution in [0.25, 0.3) is 0 Å². The highest BCUT2D eigenvalue weighted by molar-refractivity contribution is 6.20. The summed E-state index contributed by atoms with van der Waals surface area (Å²) in [6.07, 6.45) is 0.877. The summed E-state index contributed by atoms with van der Waals surface area (Å²) < 4.78 is 16.8. The summed E-state index contributed by atoms with van der Waals surface area (Å²) in [6, 6.07) is 0. The van der Waals surface area contributed by atoms with Crippen LogP contribution >= 0.6 is 11.6 Å². The fraction of sp³-hybridized carbons (Fsp3) is 1.00. The molecule has 3 nitrogen and oxygen atoms in total. The molecule has 2 saturated heterocycles. The standard InChI is InChI=1S/C9H15ClO3/c1-4-5-6-7(8(10)11-5)13-9(2,3)12-6/h5-8H,4H2,1-3H3/t5-,6?,7?,8-/m1/s1. The molecule has 13 heavy (non-hydrogen) atoms. The number of alkyl halides is 1. The van der Waals surface area contributed by atoms with Gasteiger partial charge in [0.25, 0.3) is 0 Å². The van der Waals surface area contributed by atoms with E-state index in [1.54, 1.807) is 0 Å². The molecule has 76 valence electrons. The van der Waals surface area contributed by atoms with Gasteiger partial charge in [0.15, 0.2) is 11.4 Å². The quantitative estimate of drug-likeness (QED) is 0.614. The van der Waals surface area contributed by atoms with Gasteiger partial charge in [-0.2, -0.15) is 0 Å². The molecule has 2 fully saturated rings. The second kappa shape index (κ2) is 3.09. The molecule has 0 N–H and O–H groups in total. The van der Waals surface area contributed by atoms with Gasteiger partial charge in [0.2, 0.25) is 0 Å². The number of ether oxygens (including phenoxy) is 3. The number of fused-ring (bicyclic) bond motifs is 1. The molecule has 0 saturated carbocycles. The molecule has 4 atom stereocenters. The van der Waals surface area contributed by atoms with E-state index in [0.29, 0.717) is 0 Å². The minimum absolute atomic E-state index is 0.00231. The maximum atomic E-state index is 5.99. The van der Waals surface area contributed by atoms with E-state index in [0.717, 1.165) is 6.42 Å². The smallest absolute Gasteiger partial charge is 0.164 e.